The first kappa shape index (κ1) is 20.0. The Bertz CT molecular complexity index is 605. The predicted octanol–water partition coefficient (Wildman–Crippen LogP) is 4.34. The van der Waals surface area contributed by atoms with Gasteiger partial charge in [0.2, 0.25) is 0 Å². The highest BCUT2D eigenvalue weighted by Crippen LogP contribution is 2.27. The lowest BCUT2D eigenvalue weighted by molar-refractivity contribution is 0.0156. The van der Waals surface area contributed by atoms with E-state index in [9.17, 15) is 4.79 Å². The van der Waals surface area contributed by atoms with E-state index in [-0.39, 0.29) is 11.6 Å². The van der Waals surface area contributed by atoms with Crippen LogP contribution in [0, 0.1) is 0 Å². The molecule has 0 saturated carbocycles. The number of rotatable bonds is 4. The number of hydrogen-bond donors (Lipinski definition) is 1. The van der Waals surface area contributed by atoms with Crippen LogP contribution in [-0.2, 0) is 11.3 Å². The molecule has 1 aliphatic rings. The Balaban J connectivity index is 1.91. The zero-order valence-electron chi connectivity index (χ0n) is 15.8. The second-order valence-electron chi connectivity index (χ2n) is 7.84. The second kappa shape index (κ2) is 7.96. The van der Waals surface area contributed by atoms with Gasteiger partial charge in [-0.3, -0.25) is 0 Å². The van der Waals surface area contributed by atoms with Gasteiger partial charge in [-0.25, -0.2) is 4.79 Å². The molecule has 0 atom stereocenters. The maximum atomic E-state index is 12.2. The lowest BCUT2D eigenvalue weighted by Crippen LogP contribution is -2.53. The fourth-order valence-electron chi connectivity index (χ4n) is 2.88. The number of halogens is 1. The Morgan fingerprint density at radius 1 is 1.32 bits per heavy atom. The topological polar surface area (TPSA) is 50.8 Å². The highest BCUT2D eigenvalue weighted by atomic mass is 79.9. The Hall–Kier alpha value is -1.27. The third-order valence-corrected chi connectivity index (χ3v) is 4.96. The summed E-state index contributed by atoms with van der Waals surface area (Å²) in [5.74, 6) is 0.880. The van der Waals surface area contributed by atoms with Crippen LogP contribution in [0.15, 0.2) is 22.7 Å². The third-order valence-electron chi connectivity index (χ3n) is 4.47. The lowest BCUT2D eigenvalue weighted by Gasteiger charge is -2.40. The highest BCUT2D eigenvalue weighted by Gasteiger charge is 2.33. The van der Waals surface area contributed by atoms with Crippen molar-refractivity contribution in [3.8, 4) is 5.75 Å². The average Bonchev–Trinajstić information content (AvgIpc) is 2.52. The summed E-state index contributed by atoms with van der Waals surface area (Å²) in [6.45, 7) is 10.0. The van der Waals surface area contributed by atoms with Gasteiger partial charge in [-0.1, -0.05) is 15.9 Å². The summed E-state index contributed by atoms with van der Waals surface area (Å²) in [4.78, 5) is 14.0. The Labute approximate surface area is 159 Å². The maximum absolute atomic E-state index is 12.2. The van der Waals surface area contributed by atoms with E-state index in [1.54, 1.807) is 12.0 Å². The van der Waals surface area contributed by atoms with Crippen LogP contribution in [0.3, 0.4) is 0 Å². The van der Waals surface area contributed by atoms with Crippen LogP contribution in [-0.4, -0.2) is 42.3 Å². The standard InChI is InChI=1S/C19H29BrN2O3/c1-18(2,3)25-17(23)22-10-8-19(4,9-11-22)21-13-14-12-15(20)6-7-16(14)24-5/h6-7,12,21H,8-11,13H2,1-5H3. The molecule has 0 aromatic heterocycles. The minimum absolute atomic E-state index is 0.00809. The molecule has 5 nitrogen and oxygen atoms in total. The second-order valence-corrected chi connectivity index (χ2v) is 8.75. The van der Waals surface area contributed by atoms with Crippen LogP contribution < -0.4 is 10.1 Å². The smallest absolute Gasteiger partial charge is 0.410 e. The molecule has 1 amide bonds. The molecular formula is C19H29BrN2O3. The van der Waals surface area contributed by atoms with E-state index < -0.39 is 5.60 Å². The molecule has 0 bridgehead atoms. The van der Waals surface area contributed by atoms with Crippen molar-refractivity contribution in [1.29, 1.82) is 0 Å². The van der Waals surface area contributed by atoms with Crippen molar-refractivity contribution in [3.05, 3.63) is 28.2 Å². The van der Waals surface area contributed by atoms with Crippen molar-refractivity contribution in [2.24, 2.45) is 0 Å². The molecule has 1 heterocycles. The number of piperidine rings is 1. The molecule has 2 rings (SSSR count). The summed E-state index contributed by atoms with van der Waals surface area (Å²) in [6, 6.07) is 6.02. The Morgan fingerprint density at radius 2 is 1.96 bits per heavy atom. The summed E-state index contributed by atoms with van der Waals surface area (Å²) in [6.07, 6.45) is 1.56. The van der Waals surface area contributed by atoms with Crippen LogP contribution in [0.1, 0.15) is 46.1 Å². The number of hydrogen-bond acceptors (Lipinski definition) is 4. The third kappa shape index (κ3) is 5.89. The van der Waals surface area contributed by atoms with Gasteiger partial charge in [0.05, 0.1) is 7.11 Å². The number of carbonyl (C=O) groups excluding carboxylic acids is 1. The van der Waals surface area contributed by atoms with Crippen molar-refractivity contribution >= 4 is 22.0 Å². The molecule has 0 unspecified atom stereocenters. The first-order valence-electron chi connectivity index (χ1n) is 8.67. The number of carbonyl (C=O) groups is 1. The van der Waals surface area contributed by atoms with Crippen LogP contribution in [0.4, 0.5) is 4.79 Å². The number of nitrogens with one attached hydrogen (secondary N) is 1. The predicted molar refractivity (Wildman–Crippen MR) is 103 cm³/mol. The normalized spacial score (nSPS) is 17.3. The molecule has 1 N–H and O–H groups in total. The number of methoxy groups -OCH3 is 1. The fraction of sp³-hybridized carbons (Fsp3) is 0.632. The van der Waals surface area contributed by atoms with E-state index in [2.05, 4.69) is 34.2 Å². The molecular weight excluding hydrogens is 384 g/mol. The van der Waals surface area contributed by atoms with E-state index >= 15 is 0 Å². The first-order valence-corrected chi connectivity index (χ1v) is 9.47. The van der Waals surface area contributed by atoms with Gasteiger partial charge >= 0.3 is 6.09 Å². The van der Waals surface area contributed by atoms with Crippen LogP contribution in [0.2, 0.25) is 0 Å². The van der Waals surface area contributed by atoms with Gasteiger partial charge in [-0.2, -0.15) is 0 Å². The molecule has 1 aliphatic heterocycles. The van der Waals surface area contributed by atoms with Crippen molar-refractivity contribution < 1.29 is 14.3 Å². The number of amides is 1. The summed E-state index contributed by atoms with van der Waals surface area (Å²) in [5.41, 5.74) is 0.659. The van der Waals surface area contributed by atoms with Crippen molar-refractivity contribution in [3.63, 3.8) is 0 Å². The summed E-state index contributed by atoms with van der Waals surface area (Å²) in [5, 5.41) is 3.64. The SMILES string of the molecule is COc1ccc(Br)cc1CNC1(C)CCN(C(=O)OC(C)(C)C)CC1. The lowest BCUT2D eigenvalue weighted by atomic mass is 9.89. The van der Waals surface area contributed by atoms with E-state index in [0.717, 1.165) is 35.2 Å². The van der Waals surface area contributed by atoms with Gasteiger partial charge in [0, 0.05) is 35.2 Å². The molecule has 1 aromatic carbocycles. The highest BCUT2D eigenvalue weighted by molar-refractivity contribution is 9.10. The first-order chi connectivity index (χ1) is 11.6. The summed E-state index contributed by atoms with van der Waals surface area (Å²) >= 11 is 3.51. The number of benzene rings is 1. The molecule has 0 aliphatic carbocycles. The van der Waals surface area contributed by atoms with Crippen molar-refractivity contribution in [2.45, 2.75) is 58.2 Å². The van der Waals surface area contributed by atoms with E-state index in [4.69, 9.17) is 9.47 Å². The van der Waals surface area contributed by atoms with E-state index in [1.807, 2.05) is 32.9 Å². The molecule has 1 fully saturated rings. The van der Waals surface area contributed by atoms with Crippen molar-refractivity contribution in [2.75, 3.05) is 20.2 Å². The van der Waals surface area contributed by atoms with Gasteiger partial charge in [0.15, 0.2) is 0 Å². The molecule has 0 radical (unpaired) electrons. The van der Waals surface area contributed by atoms with E-state index in [0.29, 0.717) is 13.1 Å². The number of nitrogens with zero attached hydrogens (tertiary/aromatic N) is 1. The summed E-state index contributed by atoms with van der Waals surface area (Å²) < 4.78 is 11.9. The molecule has 6 heteroatoms. The monoisotopic (exact) mass is 412 g/mol. The van der Waals surface area contributed by atoms with Crippen molar-refractivity contribution in [1.82, 2.24) is 10.2 Å². The quantitative estimate of drug-likeness (QED) is 0.798. The minimum atomic E-state index is -0.451. The zero-order chi connectivity index (χ0) is 18.7. The van der Waals surface area contributed by atoms with E-state index in [1.165, 1.54) is 0 Å². The van der Waals surface area contributed by atoms with Crippen LogP contribution in [0.25, 0.3) is 0 Å². The molecule has 1 aromatic rings. The zero-order valence-corrected chi connectivity index (χ0v) is 17.4. The maximum Gasteiger partial charge on any atom is 0.410 e. The van der Waals surface area contributed by atoms with Gasteiger partial charge in [-0.15, -0.1) is 0 Å². The van der Waals surface area contributed by atoms with Gasteiger partial charge < -0.3 is 19.7 Å². The Morgan fingerprint density at radius 3 is 2.52 bits per heavy atom. The molecule has 1 saturated heterocycles. The van der Waals surface area contributed by atoms with Gasteiger partial charge in [0.1, 0.15) is 11.4 Å². The van der Waals surface area contributed by atoms with Gasteiger partial charge in [0.25, 0.3) is 0 Å². The number of likely N-dealkylation sites (tertiary alicyclic amines) is 1. The van der Waals surface area contributed by atoms with Gasteiger partial charge in [-0.05, 0) is 58.7 Å². The largest absolute Gasteiger partial charge is 0.496 e. The Kier molecular flexibility index (Phi) is 6.38. The minimum Gasteiger partial charge on any atom is -0.496 e. The average molecular weight is 413 g/mol. The molecule has 140 valence electrons. The van der Waals surface area contributed by atoms with Crippen LogP contribution in [0.5, 0.6) is 5.75 Å². The fourth-order valence-corrected chi connectivity index (χ4v) is 3.29. The number of ether oxygens (including phenoxy) is 2. The summed E-state index contributed by atoms with van der Waals surface area (Å²) in [7, 11) is 1.69. The molecule has 0 spiro atoms. The molecule has 25 heavy (non-hydrogen) atoms. The van der Waals surface area contributed by atoms with Crippen LogP contribution >= 0.6 is 15.9 Å².